The van der Waals surface area contributed by atoms with Crippen molar-refractivity contribution in [2.24, 2.45) is 0 Å². The van der Waals surface area contributed by atoms with Crippen molar-refractivity contribution in [3.05, 3.63) is 158 Å². The van der Waals surface area contributed by atoms with Crippen LogP contribution < -0.4 is 0 Å². The van der Waals surface area contributed by atoms with Gasteiger partial charge in [-0.1, -0.05) is 115 Å². The molecule has 43 heavy (non-hydrogen) atoms. The Balaban J connectivity index is 1.28. The van der Waals surface area contributed by atoms with E-state index in [-0.39, 0.29) is 0 Å². The third-order valence-corrected chi connectivity index (χ3v) is 8.83. The first-order valence-corrected chi connectivity index (χ1v) is 14.8. The second kappa shape index (κ2) is 9.44. The van der Waals surface area contributed by atoms with Crippen LogP contribution in [0.2, 0.25) is 0 Å². The van der Waals surface area contributed by atoms with Gasteiger partial charge in [0.15, 0.2) is 0 Å². The van der Waals surface area contributed by atoms with Crippen LogP contribution >= 0.6 is 0 Å². The first kappa shape index (κ1) is 24.0. The van der Waals surface area contributed by atoms with Crippen molar-refractivity contribution in [3.63, 3.8) is 0 Å². The Morgan fingerprint density at radius 2 is 0.674 bits per heavy atom. The fourth-order valence-corrected chi connectivity index (χ4v) is 6.75. The van der Waals surface area contributed by atoms with Crippen LogP contribution in [0.1, 0.15) is 0 Å². The van der Waals surface area contributed by atoms with Gasteiger partial charge in [-0.25, -0.2) is 0 Å². The molecule has 0 aliphatic carbocycles. The van der Waals surface area contributed by atoms with Gasteiger partial charge in [0.05, 0.1) is 0 Å². The molecule has 0 spiro atoms. The summed E-state index contributed by atoms with van der Waals surface area (Å²) in [5, 5.41) is 10.0. The van der Waals surface area contributed by atoms with Gasteiger partial charge in [-0.05, 0) is 108 Å². The molecule has 0 fully saturated rings. The zero-order valence-electron chi connectivity index (χ0n) is 23.4. The minimum atomic E-state index is 0.911. The predicted octanol–water partition coefficient (Wildman–Crippen LogP) is 12.0. The smallest absolute Gasteiger partial charge is 0.136 e. The molecular formula is C42H26O. The van der Waals surface area contributed by atoms with Crippen molar-refractivity contribution >= 4 is 54.3 Å². The zero-order valence-corrected chi connectivity index (χ0v) is 23.4. The summed E-state index contributed by atoms with van der Waals surface area (Å²) in [6, 6.07) is 56.9. The zero-order chi connectivity index (χ0) is 28.3. The van der Waals surface area contributed by atoms with Gasteiger partial charge in [0.25, 0.3) is 0 Å². The summed E-state index contributed by atoms with van der Waals surface area (Å²) >= 11 is 0. The first-order valence-electron chi connectivity index (χ1n) is 14.8. The summed E-state index contributed by atoms with van der Waals surface area (Å²) in [4.78, 5) is 0. The van der Waals surface area contributed by atoms with E-state index in [9.17, 15) is 0 Å². The van der Waals surface area contributed by atoms with E-state index in [2.05, 4.69) is 146 Å². The quantitative estimate of drug-likeness (QED) is 0.201. The van der Waals surface area contributed by atoms with Crippen LogP contribution in [0.3, 0.4) is 0 Å². The lowest BCUT2D eigenvalue weighted by atomic mass is 9.90. The van der Waals surface area contributed by atoms with E-state index in [1.807, 2.05) is 12.1 Å². The number of para-hydroxylation sites is 1. The minimum absolute atomic E-state index is 0.911. The van der Waals surface area contributed by atoms with Crippen molar-refractivity contribution in [2.45, 2.75) is 0 Å². The molecule has 0 atom stereocenters. The molecule has 200 valence electrons. The van der Waals surface area contributed by atoms with Gasteiger partial charge in [0.1, 0.15) is 11.2 Å². The number of benzene rings is 8. The Bertz CT molecular complexity index is 2460. The maximum atomic E-state index is 6.27. The predicted molar refractivity (Wildman–Crippen MR) is 183 cm³/mol. The molecule has 0 amide bonds. The summed E-state index contributed by atoms with van der Waals surface area (Å²) in [5.41, 5.74) is 8.94. The van der Waals surface area contributed by atoms with E-state index >= 15 is 0 Å². The highest BCUT2D eigenvalue weighted by Crippen LogP contribution is 2.40. The van der Waals surface area contributed by atoms with Gasteiger partial charge >= 0.3 is 0 Å². The van der Waals surface area contributed by atoms with Crippen LogP contribution in [0.25, 0.3) is 87.6 Å². The van der Waals surface area contributed by atoms with Crippen molar-refractivity contribution < 1.29 is 4.42 Å². The first-order chi connectivity index (χ1) is 21.3. The van der Waals surface area contributed by atoms with Crippen LogP contribution in [-0.4, -0.2) is 0 Å². The van der Waals surface area contributed by atoms with Gasteiger partial charge in [-0.3, -0.25) is 0 Å². The number of fused-ring (bicyclic) bond motifs is 9. The summed E-state index contributed by atoms with van der Waals surface area (Å²) in [5.74, 6) is 0. The number of rotatable bonds is 3. The molecule has 9 rings (SSSR count). The molecule has 0 saturated carbocycles. The molecule has 1 heteroatoms. The molecule has 0 aliphatic rings. The molecular weight excluding hydrogens is 520 g/mol. The maximum Gasteiger partial charge on any atom is 0.136 e. The Kier molecular flexibility index (Phi) is 5.27. The minimum Gasteiger partial charge on any atom is -0.456 e. The lowest BCUT2D eigenvalue weighted by Gasteiger charge is -2.14. The highest BCUT2D eigenvalue weighted by Gasteiger charge is 2.13. The van der Waals surface area contributed by atoms with Crippen LogP contribution in [0.4, 0.5) is 0 Å². The monoisotopic (exact) mass is 546 g/mol. The standard InChI is InChI=1S/C42H26O/c1-2-10-27(11-3-1)30-22-31(24-32(23-30)29-19-21-39-38-16-8-9-17-41(38)43-42(39)26-29)28-18-20-37-35-14-5-4-12-33(35)34-13-6-7-15-36(34)40(37)25-28/h1-26H. The van der Waals surface area contributed by atoms with Crippen LogP contribution in [0, 0.1) is 0 Å². The fraction of sp³-hybridized carbons (Fsp3) is 0. The van der Waals surface area contributed by atoms with Crippen LogP contribution in [-0.2, 0) is 0 Å². The second-order valence-corrected chi connectivity index (χ2v) is 11.3. The average molecular weight is 547 g/mol. The number of furan rings is 1. The Morgan fingerprint density at radius 3 is 1.33 bits per heavy atom. The van der Waals surface area contributed by atoms with Crippen LogP contribution in [0.5, 0.6) is 0 Å². The number of hydrogen-bond donors (Lipinski definition) is 0. The summed E-state index contributed by atoms with van der Waals surface area (Å²) < 4.78 is 6.27. The van der Waals surface area contributed by atoms with Gasteiger partial charge in [-0.2, -0.15) is 0 Å². The molecule has 1 nitrogen and oxygen atoms in total. The SMILES string of the molecule is c1ccc(-c2cc(-c3ccc4c(c3)oc3ccccc34)cc(-c3ccc4c5ccccc5c5ccccc5c4c3)c2)cc1. The van der Waals surface area contributed by atoms with E-state index < -0.39 is 0 Å². The van der Waals surface area contributed by atoms with Gasteiger partial charge in [-0.15, -0.1) is 0 Å². The largest absolute Gasteiger partial charge is 0.456 e. The average Bonchev–Trinajstić information content (AvgIpc) is 3.46. The van der Waals surface area contributed by atoms with E-state index in [0.29, 0.717) is 0 Å². The van der Waals surface area contributed by atoms with E-state index in [1.165, 1.54) is 60.1 Å². The maximum absolute atomic E-state index is 6.27. The molecule has 0 N–H and O–H groups in total. The van der Waals surface area contributed by atoms with E-state index in [1.54, 1.807) is 0 Å². The van der Waals surface area contributed by atoms with Gasteiger partial charge < -0.3 is 4.42 Å². The molecule has 0 saturated heterocycles. The third-order valence-electron chi connectivity index (χ3n) is 8.83. The summed E-state index contributed by atoms with van der Waals surface area (Å²) in [6.45, 7) is 0. The van der Waals surface area contributed by atoms with E-state index in [0.717, 1.165) is 27.5 Å². The topological polar surface area (TPSA) is 13.1 Å². The molecule has 8 aromatic carbocycles. The van der Waals surface area contributed by atoms with Crippen molar-refractivity contribution in [1.29, 1.82) is 0 Å². The van der Waals surface area contributed by atoms with Crippen molar-refractivity contribution in [2.75, 3.05) is 0 Å². The van der Waals surface area contributed by atoms with Crippen molar-refractivity contribution in [3.8, 4) is 33.4 Å². The molecule has 0 aliphatic heterocycles. The Morgan fingerprint density at radius 1 is 0.233 bits per heavy atom. The Hall–Kier alpha value is -5.66. The van der Waals surface area contributed by atoms with E-state index in [4.69, 9.17) is 4.42 Å². The summed E-state index contributed by atoms with van der Waals surface area (Å²) in [7, 11) is 0. The van der Waals surface area contributed by atoms with Crippen LogP contribution in [0.15, 0.2) is 162 Å². The second-order valence-electron chi connectivity index (χ2n) is 11.3. The number of hydrogen-bond acceptors (Lipinski definition) is 1. The van der Waals surface area contributed by atoms with Gasteiger partial charge in [0.2, 0.25) is 0 Å². The molecule has 0 bridgehead atoms. The molecule has 0 radical (unpaired) electrons. The lowest BCUT2D eigenvalue weighted by Crippen LogP contribution is -1.88. The highest BCUT2D eigenvalue weighted by molar-refractivity contribution is 6.25. The normalized spacial score (nSPS) is 11.7. The fourth-order valence-electron chi connectivity index (χ4n) is 6.75. The Labute approximate surface area is 249 Å². The lowest BCUT2D eigenvalue weighted by molar-refractivity contribution is 0.669. The molecule has 9 aromatic rings. The molecule has 1 heterocycles. The van der Waals surface area contributed by atoms with Gasteiger partial charge in [0, 0.05) is 10.8 Å². The molecule has 1 aromatic heterocycles. The van der Waals surface area contributed by atoms with Crippen molar-refractivity contribution in [1.82, 2.24) is 0 Å². The highest BCUT2D eigenvalue weighted by atomic mass is 16.3. The summed E-state index contributed by atoms with van der Waals surface area (Å²) in [6.07, 6.45) is 0. The third kappa shape index (κ3) is 3.86. The molecule has 0 unspecified atom stereocenters.